The van der Waals surface area contributed by atoms with Crippen LogP contribution in [0, 0.1) is 0 Å². The lowest BCUT2D eigenvalue weighted by molar-refractivity contribution is 0.768. The third-order valence-corrected chi connectivity index (χ3v) is 17.9. The number of para-hydroxylation sites is 1. The number of nitrogens with zero attached hydrogens (tertiary/aromatic N) is 2. The number of hydrogen-bond acceptors (Lipinski definition) is 1. The highest BCUT2D eigenvalue weighted by atomic mass is 15.1. The maximum absolute atomic E-state index is 2.47. The average molecular weight is 1110 g/mol. The summed E-state index contributed by atoms with van der Waals surface area (Å²) in [6, 6.07) is 129. The highest BCUT2D eigenvalue weighted by molar-refractivity contribution is 6.12. The minimum Gasteiger partial charge on any atom is -0.310 e. The lowest BCUT2D eigenvalue weighted by Crippen LogP contribution is -2.28. The van der Waals surface area contributed by atoms with Crippen LogP contribution in [0.3, 0.4) is 0 Å². The Balaban J connectivity index is 0.764. The van der Waals surface area contributed by atoms with Crippen LogP contribution < -0.4 is 4.90 Å². The van der Waals surface area contributed by atoms with Gasteiger partial charge in [0.05, 0.1) is 22.1 Å². The Morgan fingerprint density at radius 2 is 0.609 bits per heavy atom. The van der Waals surface area contributed by atoms with Crippen molar-refractivity contribution in [1.82, 2.24) is 4.57 Å². The molecule has 1 aliphatic rings. The van der Waals surface area contributed by atoms with Crippen molar-refractivity contribution < 1.29 is 0 Å². The van der Waals surface area contributed by atoms with Crippen molar-refractivity contribution in [3.63, 3.8) is 0 Å². The SMILES string of the molecule is c1ccc(-c2cccc(-c3ccccc3N(c3ccc(-c4ccc(-c5ccc(-n6c7ccc(-c8ccccc8)cc7c7cc(-c8ccccc8)ccc76)cc5)cc4)cc3)c3ccc4c(c3)C(c3ccccc3)(c3ccccc3)c3ccccc3-4)c2)cc1. The van der Waals surface area contributed by atoms with Crippen molar-refractivity contribution in [2.45, 2.75) is 5.41 Å². The summed E-state index contributed by atoms with van der Waals surface area (Å²) in [4.78, 5) is 2.47. The molecule has 2 heteroatoms. The van der Waals surface area contributed by atoms with Crippen LogP contribution in [0.4, 0.5) is 17.1 Å². The molecule has 0 spiro atoms. The molecule has 0 atom stereocenters. The second-order valence-corrected chi connectivity index (χ2v) is 22.8. The Hall–Kier alpha value is -11.3. The molecule has 2 nitrogen and oxygen atoms in total. The molecule has 1 aliphatic carbocycles. The zero-order valence-corrected chi connectivity index (χ0v) is 47.9. The standard InChI is InChI=1S/C85H58N2/c1-6-21-59(22-7-1)66-27-20-28-69(55-66)75-33-17-19-36-82(75)86(74-51-52-77-76-34-16-18-35-80(76)85(81(77)58-74,70-29-12-4-13-30-70)71-31-14-5-15-32-71)72-47-41-64(42-48-72)62-37-39-63(40-38-62)65-43-49-73(50-44-65)87-83-53-45-67(60-23-8-2-9-24-60)56-78(83)79-57-68(46-54-84(79)87)61-25-10-3-11-26-61/h1-58H. The second-order valence-electron chi connectivity index (χ2n) is 22.8. The van der Waals surface area contributed by atoms with Crippen LogP contribution in [0.2, 0.25) is 0 Å². The summed E-state index contributed by atoms with van der Waals surface area (Å²) in [6.07, 6.45) is 0. The molecule has 0 saturated carbocycles. The Morgan fingerprint density at radius 1 is 0.230 bits per heavy atom. The third-order valence-electron chi connectivity index (χ3n) is 17.9. The quantitative estimate of drug-likeness (QED) is 0.118. The van der Waals surface area contributed by atoms with Gasteiger partial charge >= 0.3 is 0 Å². The van der Waals surface area contributed by atoms with Crippen LogP contribution in [0.15, 0.2) is 352 Å². The highest BCUT2D eigenvalue weighted by Crippen LogP contribution is 2.57. The summed E-state index contributed by atoms with van der Waals surface area (Å²) in [5, 5.41) is 2.48. The average Bonchev–Trinajstić information content (AvgIpc) is 1.98. The van der Waals surface area contributed by atoms with Crippen molar-refractivity contribution >= 4 is 38.9 Å². The number of hydrogen-bond donors (Lipinski definition) is 0. The maximum Gasteiger partial charge on any atom is 0.0714 e. The van der Waals surface area contributed by atoms with Gasteiger partial charge in [0, 0.05) is 33.4 Å². The van der Waals surface area contributed by atoms with Gasteiger partial charge in [-0.25, -0.2) is 0 Å². The van der Waals surface area contributed by atoms with E-state index in [-0.39, 0.29) is 0 Å². The summed E-state index contributed by atoms with van der Waals surface area (Å²) in [6.45, 7) is 0. The van der Waals surface area contributed by atoms with E-state index in [9.17, 15) is 0 Å². The van der Waals surface area contributed by atoms with Gasteiger partial charge in [0.1, 0.15) is 0 Å². The lowest BCUT2D eigenvalue weighted by Gasteiger charge is -2.35. The first-order valence-electron chi connectivity index (χ1n) is 30.0. The summed E-state index contributed by atoms with van der Waals surface area (Å²) >= 11 is 0. The van der Waals surface area contributed by atoms with Gasteiger partial charge in [-0.2, -0.15) is 0 Å². The Morgan fingerprint density at radius 3 is 1.15 bits per heavy atom. The van der Waals surface area contributed by atoms with E-state index >= 15 is 0 Å². The molecule has 87 heavy (non-hydrogen) atoms. The number of rotatable bonds is 12. The van der Waals surface area contributed by atoms with E-state index in [2.05, 4.69) is 361 Å². The molecule has 0 bridgehead atoms. The number of fused-ring (bicyclic) bond motifs is 6. The van der Waals surface area contributed by atoms with Crippen LogP contribution in [0.1, 0.15) is 22.3 Å². The maximum atomic E-state index is 2.47. The predicted molar refractivity (Wildman–Crippen MR) is 365 cm³/mol. The van der Waals surface area contributed by atoms with Gasteiger partial charge in [-0.1, -0.05) is 279 Å². The fraction of sp³-hybridized carbons (Fsp3) is 0.0118. The molecular formula is C85H58N2. The summed E-state index contributed by atoms with van der Waals surface area (Å²) in [5.74, 6) is 0. The predicted octanol–water partition coefficient (Wildman–Crippen LogP) is 22.6. The molecule has 0 fully saturated rings. The van der Waals surface area contributed by atoms with Gasteiger partial charge in [0.25, 0.3) is 0 Å². The molecule has 0 N–H and O–H groups in total. The smallest absolute Gasteiger partial charge is 0.0714 e. The first-order valence-corrected chi connectivity index (χ1v) is 30.0. The molecular weight excluding hydrogens is 1050 g/mol. The Bertz CT molecular complexity index is 4840. The first kappa shape index (κ1) is 51.3. The summed E-state index contributed by atoms with van der Waals surface area (Å²) < 4.78 is 2.42. The van der Waals surface area contributed by atoms with Crippen LogP contribution in [-0.2, 0) is 5.41 Å². The Kier molecular flexibility index (Phi) is 12.8. The van der Waals surface area contributed by atoms with Crippen LogP contribution in [-0.4, -0.2) is 4.57 Å². The first-order chi connectivity index (χ1) is 43.1. The number of benzene rings is 14. The van der Waals surface area contributed by atoms with E-state index in [0.717, 1.165) is 45.0 Å². The molecule has 0 amide bonds. The van der Waals surface area contributed by atoms with Gasteiger partial charge in [0.2, 0.25) is 0 Å². The minimum atomic E-state index is -0.550. The number of aromatic nitrogens is 1. The van der Waals surface area contributed by atoms with Crippen LogP contribution >= 0.6 is 0 Å². The van der Waals surface area contributed by atoms with E-state index < -0.39 is 5.41 Å². The molecule has 0 unspecified atom stereocenters. The molecule has 0 radical (unpaired) electrons. The topological polar surface area (TPSA) is 8.17 Å². The molecule has 15 aromatic rings. The van der Waals surface area contributed by atoms with Gasteiger partial charge in [0.15, 0.2) is 0 Å². The van der Waals surface area contributed by atoms with Gasteiger partial charge in [-0.15, -0.1) is 0 Å². The zero-order chi connectivity index (χ0) is 57.7. The van der Waals surface area contributed by atoms with Crippen molar-refractivity contribution in [2.75, 3.05) is 4.90 Å². The van der Waals surface area contributed by atoms with E-state index in [1.54, 1.807) is 0 Å². The van der Waals surface area contributed by atoms with Gasteiger partial charge < -0.3 is 9.47 Å². The molecule has 14 aromatic carbocycles. The monoisotopic (exact) mass is 1110 g/mol. The van der Waals surface area contributed by atoms with E-state index in [4.69, 9.17) is 0 Å². The fourth-order valence-electron chi connectivity index (χ4n) is 13.8. The van der Waals surface area contributed by atoms with Crippen LogP contribution in [0.5, 0.6) is 0 Å². The normalized spacial score (nSPS) is 12.2. The van der Waals surface area contributed by atoms with Crippen molar-refractivity contribution in [1.29, 1.82) is 0 Å². The zero-order valence-electron chi connectivity index (χ0n) is 47.9. The molecule has 1 aromatic heterocycles. The fourth-order valence-corrected chi connectivity index (χ4v) is 13.8. The molecule has 408 valence electrons. The van der Waals surface area contributed by atoms with Gasteiger partial charge in [-0.3, -0.25) is 0 Å². The van der Waals surface area contributed by atoms with Crippen molar-refractivity contribution in [2.24, 2.45) is 0 Å². The highest BCUT2D eigenvalue weighted by Gasteiger charge is 2.46. The van der Waals surface area contributed by atoms with Gasteiger partial charge in [-0.05, 0) is 167 Å². The minimum absolute atomic E-state index is 0.550. The second kappa shape index (κ2) is 21.7. The molecule has 1 heterocycles. The van der Waals surface area contributed by atoms with E-state index in [0.29, 0.717) is 0 Å². The third kappa shape index (κ3) is 8.97. The van der Waals surface area contributed by atoms with Crippen LogP contribution in [0.25, 0.3) is 105 Å². The van der Waals surface area contributed by atoms with E-state index in [1.165, 1.54) is 99.7 Å². The molecule has 0 aliphatic heterocycles. The Labute approximate surface area is 508 Å². The molecule has 16 rings (SSSR count). The van der Waals surface area contributed by atoms with Crippen molar-refractivity contribution in [3.05, 3.63) is 374 Å². The molecule has 0 saturated heterocycles. The lowest BCUT2D eigenvalue weighted by atomic mass is 9.67. The van der Waals surface area contributed by atoms with Crippen molar-refractivity contribution in [3.8, 4) is 83.6 Å². The van der Waals surface area contributed by atoms with E-state index in [1.807, 2.05) is 0 Å². The summed E-state index contributed by atoms with van der Waals surface area (Å²) in [5.41, 5.74) is 27.9. The number of anilines is 3. The largest absolute Gasteiger partial charge is 0.310 e. The summed E-state index contributed by atoms with van der Waals surface area (Å²) in [7, 11) is 0.